The highest BCUT2D eigenvalue weighted by molar-refractivity contribution is 7.99. The molecule has 1 amide bonds. The number of thioether (sulfide) groups is 1. The average Bonchev–Trinajstić information content (AvgIpc) is 3.29. The summed E-state index contributed by atoms with van der Waals surface area (Å²) in [6, 6.07) is 8.05. The third-order valence-corrected chi connectivity index (χ3v) is 7.83. The molecule has 4 heterocycles. The minimum Gasteiger partial charge on any atom is -0.342 e. The number of amides is 1. The zero-order chi connectivity index (χ0) is 19.3. The second kappa shape index (κ2) is 9.15. The number of aromatic nitrogens is 3. The van der Waals surface area contributed by atoms with Crippen molar-refractivity contribution in [2.75, 3.05) is 18.8 Å². The summed E-state index contributed by atoms with van der Waals surface area (Å²) in [5.41, 5.74) is 1.81. The largest absolute Gasteiger partial charge is 0.342 e. The van der Waals surface area contributed by atoms with Crippen LogP contribution in [0.4, 0.5) is 0 Å². The first-order valence-electron chi connectivity index (χ1n) is 9.47. The molecular formula is C20H22N4OS3. The fourth-order valence-electron chi connectivity index (χ4n) is 3.20. The predicted octanol–water partition coefficient (Wildman–Crippen LogP) is 5.13. The van der Waals surface area contributed by atoms with E-state index in [1.165, 1.54) is 29.5 Å². The molecule has 4 rings (SSSR count). The van der Waals surface area contributed by atoms with Crippen LogP contribution >= 0.6 is 34.4 Å². The van der Waals surface area contributed by atoms with Crippen molar-refractivity contribution in [3.8, 4) is 20.5 Å². The lowest BCUT2D eigenvalue weighted by atomic mass is 10.2. The molecule has 0 aliphatic carbocycles. The molecule has 5 nitrogen and oxygen atoms in total. The fourth-order valence-corrected chi connectivity index (χ4v) is 5.75. The SMILES string of the molecule is Cc1nc(-c2cccs2)sc1-c1ccc(SCC(=O)N2CCCCCC2)nn1. The normalized spacial score (nSPS) is 14.8. The van der Waals surface area contributed by atoms with Crippen molar-refractivity contribution in [3.05, 3.63) is 35.3 Å². The maximum absolute atomic E-state index is 12.4. The van der Waals surface area contributed by atoms with Gasteiger partial charge in [0.15, 0.2) is 0 Å². The van der Waals surface area contributed by atoms with Gasteiger partial charge in [-0.15, -0.1) is 32.9 Å². The highest BCUT2D eigenvalue weighted by Crippen LogP contribution is 2.36. The number of hydrogen-bond donors (Lipinski definition) is 0. The third-order valence-electron chi connectivity index (χ3n) is 4.70. The van der Waals surface area contributed by atoms with Gasteiger partial charge in [-0.05, 0) is 43.3 Å². The number of rotatable bonds is 5. The molecule has 1 aliphatic heterocycles. The van der Waals surface area contributed by atoms with Crippen LogP contribution in [-0.2, 0) is 4.79 Å². The minimum absolute atomic E-state index is 0.205. The van der Waals surface area contributed by atoms with Crippen molar-refractivity contribution in [2.45, 2.75) is 37.6 Å². The molecule has 146 valence electrons. The smallest absolute Gasteiger partial charge is 0.232 e. The zero-order valence-corrected chi connectivity index (χ0v) is 18.2. The monoisotopic (exact) mass is 430 g/mol. The molecule has 0 spiro atoms. The molecule has 8 heteroatoms. The van der Waals surface area contributed by atoms with Gasteiger partial charge in [0.1, 0.15) is 15.7 Å². The molecule has 0 unspecified atom stereocenters. The number of hydrogen-bond acceptors (Lipinski definition) is 7. The van der Waals surface area contributed by atoms with E-state index >= 15 is 0 Å². The van der Waals surface area contributed by atoms with E-state index in [2.05, 4.69) is 26.6 Å². The van der Waals surface area contributed by atoms with Gasteiger partial charge >= 0.3 is 0 Å². The number of carbonyl (C=O) groups is 1. The van der Waals surface area contributed by atoms with E-state index < -0.39 is 0 Å². The Bertz CT molecular complexity index is 914. The number of thiophene rings is 1. The first-order chi connectivity index (χ1) is 13.7. The summed E-state index contributed by atoms with van der Waals surface area (Å²) in [4.78, 5) is 21.3. The molecule has 28 heavy (non-hydrogen) atoms. The predicted molar refractivity (Wildman–Crippen MR) is 117 cm³/mol. The van der Waals surface area contributed by atoms with Crippen LogP contribution in [0.2, 0.25) is 0 Å². The molecule has 3 aromatic rings. The van der Waals surface area contributed by atoms with E-state index in [0.717, 1.165) is 52.2 Å². The van der Waals surface area contributed by atoms with Crippen molar-refractivity contribution in [1.82, 2.24) is 20.1 Å². The van der Waals surface area contributed by atoms with E-state index in [-0.39, 0.29) is 5.91 Å². The van der Waals surface area contributed by atoms with Gasteiger partial charge in [-0.1, -0.05) is 30.7 Å². The third kappa shape index (κ3) is 4.61. The van der Waals surface area contributed by atoms with Gasteiger partial charge in [-0.25, -0.2) is 4.98 Å². The topological polar surface area (TPSA) is 59.0 Å². The molecule has 0 bridgehead atoms. The van der Waals surface area contributed by atoms with Gasteiger partial charge in [0.05, 0.1) is 21.2 Å². The van der Waals surface area contributed by atoms with Crippen LogP contribution < -0.4 is 0 Å². The van der Waals surface area contributed by atoms with E-state index in [4.69, 9.17) is 0 Å². The van der Waals surface area contributed by atoms with Crippen LogP contribution in [0.5, 0.6) is 0 Å². The molecule has 1 saturated heterocycles. The number of nitrogens with zero attached hydrogens (tertiary/aromatic N) is 4. The Hall–Kier alpha value is -1.77. The number of thiazole rings is 1. The molecule has 0 atom stereocenters. The van der Waals surface area contributed by atoms with Crippen LogP contribution in [0.25, 0.3) is 20.5 Å². The van der Waals surface area contributed by atoms with E-state index in [1.807, 2.05) is 30.0 Å². The highest BCUT2D eigenvalue weighted by Gasteiger charge is 2.17. The molecule has 0 aromatic carbocycles. The average molecular weight is 431 g/mol. The second-order valence-corrected chi connectivity index (χ2v) is 9.69. The summed E-state index contributed by atoms with van der Waals surface area (Å²) in [5.74, 6) is 0.632. The molecule has 0 saturated carbocycles. The van der Waals surface area contributed by atoms with Crippen molar-refractivity contribution in [2.24, 2.45) is 0 Å². The van der Waals surface area contributed by atoms with Gasteiger partial charge in [0.2, 0.25) is 5.91 Å². The van der Waals surface area contributed by atoms with Crippen molar-refractivity contribution >= 4 is 40.3 Å². The Morgan fingerprint density at radius 3 is 2.64 bits per heavy atom. The zero-order valence-electron chi connectivity index (χ0n) is 15.8. The maximum Gasteiger partial charge on any atom is 0.232 e. The fraction of sp³-hybridized carbons (Fsp3) is 0.400. The molecular weight excluding hydrogens is 408 g/mol. The van der Waals surface area contributed by atoms with Crippen LogP contribution in [0.3, 0.4) is 0 Å². The van der Waals surface area contributed by atoms with E-state index in [1.54, 1.807) is 22.7 Å². The van der Waals surface area contributed by atoms with Crippen LogP contribution in [0.1, 0.15) is 31.4 Å². The lowest BCUT2D eigenvalue weighted by Gasteiger charge is -2.19. The molecule has 1 fully saturated rings. The second-order valence-electron chi connectivity index (χ2n) is 6.75. The van der Waals surface area contributed by atoms with Crippen LogP contribution in [0, 0.1) is 6.92 Å². The van der Waals surface area contributed by atoms with Gasteiger partial charge in [-0.2, -0.15) is 0 Å². The Kier molecular flexibility index (Phi) is 6.39. The van der Waals surface area contributed by atoms with Crippen LogP contribution in [-0.4, -0.2) is 44.8 Å². The van der Waals surface area contributed by atoms with Gasteiger partial charge in [0.25, 0.3) is 0 Å². The summed E-state index contributed by atoms with van der Waals surface area (Å²) in [7, 11) is 0. The van der Waals surface area contributed by atoms with E-state index in [0.29, 0.717) is 5.75 Å². The first-order valence-corrected chi connectivity index (χ1v) is 12.1. The Labute approximate surface area is 177 Å². The Morgan fingerprint density at radius 2 is 1.96 bits per heavy atom. The highest BCUT2D eigenvalue weighted by atomic mass is 32.2. The van der Waals surface area contributed by atoms with Gasteiger partial charge < -0.3 is 4.90 Å². The standard InChI is InChI=1S/C20H22N4OS3/c1-14-19(28-20(21-14)16-7-6-12-26-16)15-8-9-17(23-22-15)27-13-18(25)24-10-4-2-3-5-11-24/h6-9,12H,2-5,10-11,13H2,1H3. The molecule has 0 N–H and O–H groups in total. The lowest BCUT2D eigenvalue weighted by molar-refractivity contribution is -0.128. The van der Waals surface area contributed by atoms with Gasteiger partial charge in [0, 0.05) is 13.1 Å². The van der Waals surface area contributed by atoms with Crippen molar-refractivity contribution < 1.29 is 4.79 Å². The lowest BCUT2D eigenvalue weighted by Crippen LogP contribution is -2.33. The molecule has 1 aliphatic rings. The van der Waals surface area contributed by atoms with Crippen molar-refractivity contribution in [3.63, 3.8) is 0 Å². The molecule has 3 aromatic heterocycles. The summed E-state index contributed by atoms with van der Waals surface area (Å²) in [6.07, 6.45) is 4.70. The number of aryl methyl sites for hydroxylation is 1. The van der Waals surface area contributed by atoms with E-state index in [9.17, 15) is 4.79 Å². The first kappa shape index (κ1) is 19.5. The summed E-state index contributed by atoms with van der Waals surface area (Å²) in [6.45, 7) is 3.79. The maximum atomic E-state index is 12.4. The summed E-state index contributed by atoms with van der Waals surface area (Å²) >= 11 is 4.80. The van der Waals surface area contributed by atoms with Gasteiger partial charge in [-0.3, -0.25) is 4.79 Å². The van der Waals surface area contributed by atoms with Crippen LogP contribution in [0.15, 0.2) is 34.7 Å². The Morgan fingerprint density at radius 1 is 1.14 bits per heavy atom. The quantitative estimate of drug-likeness (QED) is 0.525. The summed E-state index contributed by atoms with van der Waals surface area (Å²) in [5, 5.41) is 12.6. The number of carbonyl (C=O) groups excluding carboxylic acids is 1. The minimum atomic E-state index is 0.205. The van der Waals surface area contributed by atoms with Crippen molar-refractivity contribution in [1.29, 1.82) is 0 Å². The number of likely N-dealkylation sites (tertiary alicyclic amines) is 1. The summed E-state index contributed by atoms with van der Waals surface area (Å²) < 4.78 is 0. The Balaban J connectivity index is 1.39. The molecule has 0 radical (unpaired) electrons.